The summed E-state index contributed by atoms with van der Waals surface area (Å²) < 4.78 is 24.6. The smallest absolute Gasteiger partial charge is 0.266 e. The van der Waals surface area contributed by atoms with Gasteiger partial charge in [-0.25, -0.2) is 4.18 Å². The Morgan fingerprint density at radius 1 is 1.67 bits per heavy atom. The van der Waals surface area contributed by atoms with Crippen LogP contribution in [0, 0.1) is 0 Å². The van der Waals surface area contributed by atoms with Gasteiger partial charge in [-0.1, -0.05) is 6.92 Å². The fourth-order valence-electron chi connectivity index (χ4n) is 0.270. The Balaban J connectivity index is 3.75. The van der Waals surface area contributed by atoms with E-state index in [0.717, 1.165) is 6.26 Å². The van der Waals surface area contributed by atoms with Gasteiger partial charge in [-0.15, -0.1) is 0 Å². The molecule has 0 rings (SSSR count). The molecule has 9 heavy (non-hydrogen) atoms. The summed E-state index contributed by atoms with van der Waals surface area (Å²) in [6.45, 7) is 1.62. The molecule has 0 spiro atoms. The van der Waals surface area contributed by atoms with Crippen LogP contribution in [0.2, 0.25) is 0 Å². The van der Waals surface area contributed by atoms with Crippen molar-refractivity contribution >= 4 is 10.1 Å². The van der Waals surface area contributed by atoms with E-state index in [1.807, 2.05) is 0 Å². The molecule has 56 valence electrons. The molecule has 1 atom stereocenters. The van der Waals surface area contributed by atoms with Crippen molar-refractivity contribution in [2.45, 2.75) is 19.6 Å². The van der Waals surface area contributed by atoms with E-state index in [1.165, 1.54) is 0 Å². The average Bonchev–Trinajstić information content (AvgIpc) is 1.62. The molecule has 0 saturated heterocycles. The normalized spacial score (nSPS) is 15.4. The van der Waals surface area contributed by atoms with Gasteiger partial charge in [-0.3, -0.25) is 0 Å². The van der Waals surface area contributed by atoms with E-state index in [2.05, 4.69) is 4.18 Å². The molecule has 0 aromatic heterocycles. The first-order chi connectivity index (χ1) is 3.95. The van der Waals surface area contributed by atoms with Crippen molar-refractivity contribution in [2.75, 3.05) is 6.26 Å². The maximum atomic E-state index is 10.2. The van der Waals surface area contributed by atoms with Gasteiger partial charge in [0.1, 0.15) is 0 Å². The lowest BCUT2D eigenvalue weighted by atomic mass is 10.5. The first-order valence-electron chi connectivity index (χ1n) is 2.52. The standard InChI is InChI=1S/C4H10O4S/c1-3-4(5)8-9(2,6)7/h4-5H,3H2,1-2H3. The molecule has 0 saturated carbocycles. The summed E-state index contributed by atoms with van der Waals surface area (Å²) in [5.41, 5.74) is 0. The van der Waals surface area contributed by atoms with Crippen LogP contribution in [0.1, 0.15) is 13.3 Å². The fraction of sp³-hybridized carbons (Fsp3) is 1.00. The van der Waals surface area contributed by atoms with Crippen LogP contribution in [0.4, 0.5) is 0 Å². The molecule has 1 N–H and O–H groups in total. The third-order valence-electron chi connectivity index (χ3n) is 0.635. The predicted molar refractivity (Wildman–Crippen MR) is 32.2 cm³/mol. The number of aliphatic hydroxyl groups excluding tert-OH is 1. The van der Waals surface area contributed by atoms with Gasteiger partial charge >= 0.3 is 0 Å². The zero-order valence-electron chi connectivity index (χ0n) is 5.36. The van der Waals surface area contributed by atoms with E-state index in [4.69, 9.17) is 5.11 Å². The number of rotatable bonds is 3. The molecule has 4 nitrogen and oxygen atoms in total. The van der Waals surface area contributed by atoms with Gasteiger partial charge in [0.05, 0.1) is 6.26 Å². The molecule has 0 fully saturated rings. The van der Waals surface area contributed by atoms with Crippen molar-refractivity contribution in [1.29, 1.82) is 0 Å². The second-order valence-electron chi connectivity index (χ2n) is 1.66. The predicted octanol–water partition coefficient (Wildman–Crippen LogP) is -0.309. The first-order valence-corrected chi connectivity index (χ1v) is 4.33. The van der Waals surface area contributed by atoms with E-state index < -0.39 is 16.4 Å². The summed E-state index contributed by atoms with van der Waals surface area (Å²) in [4.78, 5) is 0. The highest BCUT2D eigenvalue weighted by Gasteiger charge is 2.08. The van der Waals surface area contributed by atoms with Crippen LogP contribution in [-0.4, -0.2) is 26.1 Å². The molecule has 0 heterocycles. The van der Waals surface area contributed by atoms with Crippen molar-refractivity contribution in [3.8, 4) is 0 Å². The van der Waals surface area contributed by atoms with Crippen LogP contribution in [-0.2, 0) is 14.3 Å². The Hall–Kier alpha value is -0.130. The van der Waals surface area contributed by atoms with Gasteiger partial charge in [0.2, 0.25) is 0 Å². The van der Waals surface area contributed by atoms with Gasteiger partial charge < -0.3 is 5.11 Å². The molecule has 0 aliphatic rings. The van der Waals surface area contributed by atoms with E-state index in [-0.39, 0.29) is 6.42 Å². The Morgan fingerprint density at radius 2 is 2.11 bits per heavy atom. The van der Waals surface area contributed by atoms with Gasteiger partial charge in [0, 0.05) is 0 Å². The Kier molecular flexibility index (Phi) is 3.10. The maximum absolute atomic E-state index is 10.2. The lowest BCUT2D eigenvalue weighted by Crippen LogP contribution is -2.15. The summed E-state index contributed by atoms with van der Waals surface area (Å²) in [5, 5.41) is 8.59. The van der Waals surface area contributed by atoms with E-state index >= 15 is 0 Å². The highest BCUT2D eigenvalue weighted by Crippen LogP contribution is 1.96. The molecule has 0 amide bonds. The van der Waals surface area contributed by atoms with Crippen molar-refractivity contribution in [2.24, 2.45) is 0 Å². The molecule has 0 aromatic carbocycles. The fourth-order valence-corrected chi connectivity index (χ4v) is 0.809. The molecule has 0 aliphatic heterocycles. The summed E-state index contributed by atoms with van der Waals surface area (Å²) >= 11 is 0. The first kappa shape index (κ1) is 8.87. The summed E-state index contributed by atoms with van der Waals surface area (Å²) in [7, 11) is -3.49. The third-order valence-corrected chi connectivity index (χ3v) is 1.21. The molecule has 0 radical (unpaired) electrons. The van der Waals surface area contributed by atoms with Crippen LogP contribution < -0.4 is 0 Å². The van der Waals surface area contributed by atoms with Crippen LogP contribution in [0.15, 0.2) is 0 Å². The highest BCUT2D eigenvalue weighted by atomic mass is 32.2. The minimum atomic E-state index is -3.49. The zero-order valence-corrected chi connectivity index (χ0v) is 6.18. The Morgan fingerprint density at radius 3 is 2.22 bits per heavy atom. The zero-order chi connectivity index (χ0) is 7.49. The van der Waals surface area contributed by atoms with Crippen molar-refractivity contribution in [1.82, 2.24) is 0 Å². The molecule has 1 unspecified atom stereocenters. The van der Waals surface area contributed by atoms with Gasteiger partial charge in [0.15, 0.2) is 6.29 Å². The quantitative estimate of drug-likeness (QED) is 0.447. The minimum Gasteiger partial charge on any atom is -0.367 e. The van der Waals surface area contributed by atoms with Crippen LogP contribution in [0.3, 0.4) is 0 Å². The molecular formula is C4H10O4S. The number of hydrogen-bond acceptors (Lipinski definition) is 4. The van der Waals surface area contributed by atoms with Crippen LogP contribution >= 0.6 is 0 Å². The lowest BCUT2D eigenvalue weighted by Gasteiger charge is -2.04. The van der Waals surface area contributed by atoms with Crippen molar-refractivity contribution in [3.05, 3.63) is 0 Å². The Labute approximate surface area is 54.6 Å². The third kappa shape index (κ3) is 5.75. The van der Waals surface area contributed by atoms with E-state index in [9.17, 15) is 8.42 Å². The molecule has 0 bridgehead atoms. The van der Waals surface area contributed by atoms with Crippen molar-refractivity contribution in [3.63, 3.8) is 0 Å². The largest absolute Gasteiger partial charge is 0.367 e. The van der Waals surface area contributed by atoms with Crippen LogP contribution in [0.5, 0.6) is 0 Å². The van der Waals surface area contributed by atoms with E-state index in [1.54, 1.807) is 6.92 Å². The summed E-state index contributed by atoms with van der Waals surface area (Å²) in [6.07, 6.45) is -0.0288. The molecular weight excluding hydrogens is 144 g/mol. The van der Waals surface area contributed by atoms with Gasteiger partial charge in [-0.05, 0) is 6.42 Å². The SMILES string of the molecule is CCC(O)OS(C)(=O)=O. The Bertz CT molecular complexity index is 159. The molecule has 5 heteroatoms. The van der Waals surface area contributed by atoms with E-state index in [0.29, 0.717) is 0 Å². The van der Waals surface area contributed by atoms with Crippen LogP contribution in [0.25, 0.3) is 0 Å². The number of aliphatic hydroxyl groups is 1. The second kappa shape index (κ2) is 3.14. The molecule has 0 aromatic rings. The molecule has 0 aliphatic carbocycles. The lowest BCUT2D eigenvalue weighted by molar-refractivity contribution is -0.0129. The highest BCUT2D eigenvalue weighted by molar-refractivity contribution is 7.86. The minimum absolute atomic E-state index is 0.271. The second-order valence-corrected chi connectivity index (χ2v) is 3.26. The van der Waals surface area contributed by atoms with Gasteiger partial charge in [0.25, 0.3) is 10.1 Å². The number of hydrogen-bond donors (Lipinski definition) is 1. The average molecular weight is 154 g/mol. The maximum Gasteiger partial charge on any atom is 0.266 e. The summed E-state index contributed by atoms with van der Waals surface area (Å²) in [5.74, 6) is 0. The monoisotopic (exact) mass is 154 g/mol. The van der Waals surface area contributed by atoms with Crippen molar-refractivity contribution < 1.29 is 17.7 Å². The van der Waals surface area contributed by atoms with Gasteiger partial charge in [-0.2, -0.15) is 8.42 Å². The summed E-state index contributed by atoms with van der Waals surface area (Å²) in [6, 6.07) is 0. The topological polar surface area (TPSA) is 63.6 Å².